The molecule has 0 saturated heterocycles. The zero-order chi connectivity index (χ0) is 20.7. The molecule has 5 rings (SSSR count). The van der Waals surface area contributed by atoms with E-state index >= 15 is 0 Å². The zero-order valence-electron chi connectivity index (χ0n) is 17.1. The van der Waals surface area contributed by atoms with E-state index in [2.05, 4.69) is 16.0 Å². The summed E-state index contributed by atoms with van der Waals surface area (Å²) in [4.78, 5) is 18.4. The molecule has 1 aromatic heterocycles. The average molecular weight is 404 g/mol. The van der Waals surface area contributed by atoms with Gasteiger partial charge < -0.3 is 19.2 Å². The van der Waals surface area contributed by atoms with Crippen LogP contribution in [0.25, 0.3) is 17.0 Å². The van der Waals surface area contributed by atoms with E-state index < -0.39 is 0 Å². The highest BCUT2D eigenvalue weighted by Crippen LogP contribution is 2.50. The predicted octanol–water partition coefficient (Wildman–Crippen LogP) is 4.11. The molecule has 1 atom stereocenters. The van der Waals surface area contributed by atoms with Crippen LogP contribution in [-0.4, -0.2) is 43.2 Å². The number of allylic oxidation sites excluding steroid dienone is 1. The minimum atomic E-state index is -0.0710. The molecule has 2 aliphatic heterocycles. The number of H-pyrrole nitrogens is 1. The summed E-state index contributed by atoms with van der Waals surface area (Å²) < 4.78 is 16.9. The number of methoxy groups -OCH3 is 1. The molecule has 0 fully saturated rings. The molecule has 0 spiro atoms. The van der Waals surface area contributed by atoms with Crippen molar-refractivity contribution < 1.29 is 19.0 Å². The minimum absolute atomic E-state index is 0.0710. The third kappa shape index (κ3) is 3.13. The molecule has 30 heavy (non-hydrogen) atoms. The SMILES string of the molecule is COc1c2c(cc3c1C(CC(=O)/C=C/c1c[nH]c4ccccc14)N(C)CC3)OCO2. The lowest BCUT2D eigenvalue weighted by atomic mass is 9.88. The second kappa shape index (κ2) is 7.54. The Morgan fingerprint density at radius 3 is 3.07 bits per heavy atom. The first kappa shape index (κ1) is 18.8. The Labute approximate surface area is 175 Å². The Bertz CT molecular complexity index is 1150. The van der Waals surface area contributed by atoms with Crippen molar-refractivity contribution in [1.82, 2.24) is 9.88 Å². The number of carbonyl (C=O) groups is 1. The second-order valence-corrected chi connectivity index (χ2v) is 7.76. The summed E-state index contributed by atoms with van der Waals surface area (Å²) in [6.07, 6.45) is 6.76. The Morgan fingerprint density at radius 1 is 1.33 bits per heavy atom. The number of aromatic amines is 1. The maximum atomic E-state index is 12.9. The molecule has 0 amide bonds. The van der Waals surface area contributed by atoms with Crippen LogP contribution in [0.1, 0.15) is 29.2 Å². The van der Waals surface area contributed by atoms with Gasteiger partial charge in [0, 0.05) is 41.7 Å². The molecular formula is C24H24N2O4. The number of fused-ring (bicyclic) bond motifs is 3. The van der Waals surface area contributed by atoms with Crippen molar-refractivity contribution >= 4 is 22.8 Å². The van der Waals surface area contributed by atoms with Crippen LogP contribution >= 0.6 is 0 Å². The number of ether oxygens (including phenoxy) is 3. The predicted molar refractivity (Wildman–Crippen MR) is 115 cm³/mol. The number of likely N-dealkylation sites (N-methyl/N-ethyl adjacent to an activating group) is 1. The van der Waals surface area contributed by atoms with Gasteiger partial charge >= 0.3 is 0 Å². The highest BCUT2D eigenvalue weighted by atomic mass is 16.7. The summed E-state index contributed by atoms with van der Waals surface area (Å²) >= 11 is 0. The van der Waals surface area contributed by atoms with Crippen molar-refractivity contribution in [1.29, 1.82) is 0 Å². The number of aromatic nitrogens is 1. The number of nitrogens with one attached hydrogen (secondary N) is 1. The number of hydrogen-bond donors (Lipinski definition) is 1. The highest BCUT2D eigenvalue weighted by Gasteiger charge is 2.34. The normalized spacial score (nSPS) is 18.1. The quantitative estimate of drug-likeness (QED) is 0.649. The van der Waals surface area contributed by atoms with Gasteiger partial charge in [-0.3, -0.25) is 9.69 Å². The fourth-order valence-corrected chi connectivity index (χ4v) is 4.46. The number of benzene rings is 2. The van der Waals surface area contributed by atoms with Crippen molar-refractivity contribution in [3.8, 4) is 17.2 Å². The number of rotatable bonds is 5. The molecule has 3 heterocycles. The van der Waals surface area contributed by atoms with Crippen molar-refractivity contribution in [3.63, 3.8) is 0 Å². The number of para-hydroxylation sites is 1. The van der Waals surface area contributed by atoms with Crippen LogP contribution in [0.5, 0.6) is 17.2 Å². The van der Waals surface area contributed by atoms with E-state index in [4.69, 9.17) is 14.2 Å². The Kier molecular flexibility index (Phi) is 4.71. The number of ketones is 1. The summed E-state index contributed by atoms with van der Waals surface area (Å²) in [7, 11) is 3.69. The third-order valence-electron chi connectivity index (χ3n) is 6.01. The van der Waals surface area contributed by atoms with Crippen molar-refractivity contribution in [3.05, 3.63) is 59.3 Å². The second-order valence-electron chi connectivity index (χ2n) is 7.76. The first-order valence-electron chi connectivity index (χ1n) is 10.1. The van der Waals surface area contributed by atoms with E-state index in [0.29, 0.717) is 17.9 Å². The van der Waals surface area contributed by atoms with E-state index in [1.807, 2.05) is 43.6 Å². The topological polar surface area (TPSA) is 63.8 Å². The lowest BCUT2D eigenvalue weighted by molar-refractivity contribution is -0.115. The van der Waals surface area contributed by atoms with Gasteiger partial charge in [0.1, 0.15) is 0 Å². The molecule has 0 saturated carbocycles. The van der Waals surface area contributed by atoms with E-state index in [1.54, 1.807) is 13.2 Å². The van der Waals surface area contributed by atoms with Crippen LogP contribution in [0.3, 0.4) is 0 Å². The minimum Gasteiger partial charge on any atom is -0.492 e. The number of carbonyl (C=O) groups excluding carboxylic acids is 1. The van der Waals surface area contributed by atoms with Gasteiger partial charge in [0.2, 0.25) is 12.5 Å². The van der Waals surface area contributed by atoms with E-state index in [9.17, 15) is 4.79 Å². The average Bonchev–Trinajstić information content (AvgIpc) is 3.39. The van der Waals surface area contributed by atoms with E-state index in [0.717, 1.165) is 46.3 Å². The summed E-state index contributed by atoms with van der Waals surface area (Å²) in [6, 6.07) is 10.0. The summed E-state index contributed by atoms with van der Waals surface area (Å²) in [5.41, 5.74) is 4.26. The molecule has 0 bridgehead atoms. The first-order valence-corrected chi connectivity index (χ1v) is 10.1. The molecule has 6 nitrogen and oxygen atoms in total. The lowest BCUT2D eigenvalue weighted by Gasteiger charge is -2.35. The standard InChI is InChI=1S/C24H24N2O4/c1-26-10-9-15-11-21-23(30-14-29-21)24(28-2)22(15)20(26)12-17(27)8-7-16-13-25-19-6-4-3-5-18(16)19/h3-8,11,13,20,25H,9-10,12,14H2,1-2H3/b8-7+. The van der Waals surface area contributed by atoms with Crippen LogP contribution in [0.4, 0.5) is 0 Å². The van der Waals surface area contributed by atoms with Gasteiger partial charge in [-0.05, 0) is 48.9 Å². The summed E-state index contributed by atoms with van der Waals surface area (Å²) in [5, 5.41) is 1.11. The monoisotopic (exact) mass is 404 g/mol. The largest absolute Gasteiger partial charge is 0.492 e. The summed E-state index contributed by atoms with van der Waals surface area (Å²) in [5.74, 6) is 2.12. The maximum Gasteiger partial charge on any atom is 0.231 e. The Hall–Kier alpha value is -3.25. The number of nitrogens with zero attached hydrogens (tertiary/aromatic N) is 1. The third-order valence-corrected chi connectivity index (χ3v) is 6.01. The van der Waals surface area contributed by atoms with E-state index in [1.165, 1.54) is 0 Å². The molecule has 154 valence electrons. The Balaban J connectivity index is 1.43. The van der Waals surface area contributed by atoms with Crippen molar-refractivity contribution in [2.75, 3.05) is 27.5 Å². The fraction of sp³-hybridized carbons (Fsp3) is 0.292. The lowest BCUT2D eigenvalue weighted by Crippen LogP contribution is -2.33. The van der Waals surface area contributed by atoms with Gasteiger partial charge in [0.05, 0.1) is 7.11 Å². The molecule has 2 aromatic carbocycles. The van der Waals surface area contributed by atoms with Crippen LogP contribution in [-0.2, 0) is 11.2 Å². The van der Waals surface area contributed by atoms with Crippen LogP contribution in [0.2, 0.25) is 0 Å². The van der Waals surface area contributed by atoms with Gasteiger partial charge in [0.15, 0.2) is 17.3 Å². The molecular weight excluding hydrogens is 380 g/mol. The van der Waals surface area contributed by atoms with Crippen LogP contribution < -0.4 is 14.2 Å². The molecule has 6 heteroatoms. The summed E-state index contributed by atoms with van der Waals surface area (Å²) in [6.45, 7) is 1.07. The van der Waals surface area contributed by atoms with Gasteiger partial charge in [-0.15, -0.1) is 0 Å². The van der Waals surface area contributed by atoms with Crippen LogP contribution in [0, 0.1) is 0 Å². The van der Waals surface area contributed by atoms with E-state index in [-0.39, 0.29) is 18.6 Å². The first-order chi connectivity index (χ1) is 14.7. The maximum absolute atomic E-state index is 12.9. The van der Waals surface area contributed by atoms with Crippen molar-refractivity contribution in [2.24, 2.45) is 0 Å². The van der Waals surface area contributed by atoms with Gasteiger partial charge in [-0.25, -0.2) is 0 Å². The molecule has 1 unspecified atom stereocenters. The van der Waals surface area contributed by atoms with Crippen molar-refractivity contribution in [2.45, 2.75) is 18.9 Å². The number of hydrogen-bond acceptors (Lipinski definition) is 5. The van der Waals surface area contributed by atoms with Gasteiger partial charge in [-0.2, -0.15) is 0 Å². The molecule has 2 aliphatic rings. The smallest absolute Gasteiger partial charge is 0.231 e. The zero-order valence-corrected chi connectivity index (χ0v) is 17.1. The molecule has 1 N–H and O–H groups in total. The van der Waals surface area contributed by atoms with Gasteiger partial charge in [-0.1, -0.05) is 18.2 Å². The van der Waals surface area contributed by atoms with Gasteiger partial charge in [0.25, 0.3) is 0 Å². The fourth-order valence-electron chi connectivity index (χ4n) is 4.46. The highest BCUT2D eigenvalue weighted by molar-refractivity contribution is 5.97. The Morgan fingerprint density at radius 2 is 2.20 bits per heavy atom. The van der Waals surface area contributed by atoms with Crippen LogP contribution in [0.15, 0.2) is 42.6 Å². The molecule has 0 radical (unpaired) electrons. The molecule has 3 aromatic rings. The molecule has 0 aliphatic carbocycles.